The number of aliphatic imine (C=N–C) groups is 1. The fourth-order valence-electron chi connectivity index (χ4n) is 2.21. The van der Waals surface area contributed by atoms with E-state index in [9.17, 15) is 0 Å². The Morgan fingerprint density at radius 2 is 2.00 bits per heavy atom. The summed E-state index contributed by atoms with van der Waals surface area (Å²) in [5.74, 6) is 2.86. The van der Waals surface area contributed by atoms with Crippen LogP contribution in [0.4, 0.5) is 0 Å². The van der Waals surface area contributed by atoms with E-state index in [4.69, 9.17) is 0 Å². The summed E-state index contributed by atoms with van der Waals surface area (Å²) in [7, 11) is 0. The average molecular weight is 474 g/mol. The van der Waals surface area contributed by atoms with Crippen LogP contribution in [0.15, 0.2) is 46.5 Å². The molecule has 25 heavy (non-hydrogen) atoms. The van der Waals surface area contributed by atoms with Crippen molar-refractivity contribution in [1.82, 2.24) is 25.4 Å². The van der Waals surface area contributed by atoms with Crippen LogP contribution in [-0.4, -0.2) is 46.1 Å². The van der Waals surface area contributed by atoms with E-state index >= 15 is 0 Å². The van der Waals surface area contributed by atoms with Gasteiger partial charge >= 0.3 is 0 Å². The van der Waals surface area contributed by atoms with Crippen LogP contribution < -0.4 is 10.6 Å². The first-order valence-electron chi connectivity index (χ1n) is 8.40. The number of hydrogen-bond acceptors (Lipinski definition) is 4. The highest BCUT2D eigenvalue weighted by atomic mass is 127. The van der Waals surface area contributed by atoms with Crippen LogP contribution in [0.3, 0.4) is 0 Å². The Kier molecular flexibility index (Phi) is 11.3. The molecule has 1 aromatic heterocycles. The average Bonchev–Trinajstić information content (AvgIpc) is 3.07. The molecule has 6 nitrogen and oxygen atoms in total. The molecular weight excluding hydrogens is 447 g/mol. The minimum absolute atomic E-state index is 0. The number of aryl methyl sites for hydroxylation is 1. The number of hydrogen-bond donors (Lipinski definition) is 2. The highest BCUT2D eigenvalue weighted by Gasteiger charge is 2.01. The van der Waals surface area contributed by atoms with E-state index in [2.05, 4.69) is 68.5 Å². The number of halogens is 1. The highest BCUT2D eigenvalue weighted by molar-refractivity contribution is 14.0. The Hall–Kier alpha value is -1.29. The summed E-state index contributed by atoms with van der Waals surface area (Å²) in [6, 6.07) is 10.4. The maximum Gasteiger partial charge on any atom is 0.191 e. The van der Waals surface area contributed by atoms with Crippen molar-refractivity contribution < 1.29 is 0 Å². The van der Waals surface area contributed by atoms with Gasteiger partial charge in [0, 0.05) is 36.7 Å². The third kappa shape index (κ3) is 8.08. The van der Waals surface area contributed by atoms with E-state index < -0.39 is 0 Å². The zero-order valence-corrected chi connectivity index (χ0v) is 18.0. The molecule has 2 aromatic rings. The second kappa shape index (κ2) is 13.0. The first-order chi connectivity index (χ1) is 11.8. The third-order valence-electron chi connectivity index (χ3n) is 3.37. The smallest absolute Gasteiger partial charge is 0.191 e. The highest BCUT2D eigenvalue weighted by Crippen LogP contribution is 2.15. The van der Waals surface area contributed by atoms with Crippen LogP contribution in [0.1, 0.15) is 19.7 Å². The molecule has 8 heteroatoms. The van der Waals surface area contributed by atoms with Gasteiger partial charge in [0.2, 0.25) is 0 Å². The molecule has 2 N–H and O–H groups in total. The molecule has 0 saturated heterocycles. The molecule has 1 aromatic carbocycles. The van der Waals surface area contributed by atoms with Crippen molar-refractivity contribution in [1.29, 1.82) is 0 Å². The predicted octanol–water partition coefficient (Wildman–Crippen LogP) is 2.81. The summed E-state index contributed by atoms with van der Waals surface area (Å²) in [4.78, 5) is 5.91. The normalized spacial score (nSPS) is 11.0. The number of nitrogens with one attached hydrogen (secondary N) is 2. The third-order valence-corrected chi connectivity index (χ3v) is 4.39. The van der Waals surface area contributed by atoms with Gasteiger partial charge in [0.1, 0.15) is 12.2 Å². The topological polar surface area (TPSA) is 67.1 Å². The Morgan fingerprint density at radius 3 is 2.72 bits per heavy atom. The van der Waals surface area contributed by atoms with Gasteiger partial charge in [-0.25, -0.2) is 0 Å². The van der Waals surface area contributed by atoms with Crippen LogP contribution in [0.2, 0.25) is 0 Å². The Morgan fingerprint density at radius 1 is 1.20 bits per heavy atom. The molecule has 2 rings (SSSR count). The van der Waals surface area contributed by atoms with Gasteiger partial charge in [0.05, 0.1) is 6.54 Å². The maximum absolute atomic E-state index is 4.62. The van der Waals surface area contributed by atoms with Gasteiger partial charge in [0.15, 0.2) is 5.96 Å². The van der Waals surface area contributed by atoms with Gasteiger partial charge in [-0.05, 0) is 19.1 Å². The minimum atomic E-state index is 0. The second-order valence-electron chi connectivity index (χ2n) is 5.14. The molecule has 0 unspecified atom stereocenters. The van der Waals surface area contributed by atoms with Gasteiger partial charge < -0.3 is 15.2 Å². The van der Waals surface area contributed by atoms with Crippen LogP contribution >= 0.6 is 35.7 Å². The lowest BCUT2D eigenvalue weighted by atomic mass is 10.4. The molecule has 0 radical (unpaired) electrons. The van der Waals surface area contributed by atoms with Crippen molar-refractivity contribution in [2.24, 2.45) is 4.99 Å². The van der Waals surface area contributed by atoms with E-state index in [0.717, 1.165) is 43.6 Å². The minimum Gasteiger partial charge on any atom is -0.357 e. The fraction of sp³-hybridized carbons (Fsp3) is 0.471. The molecule has 0 spiro atoms. The summed E-state index contributed by atoms with van der Waals surface area (Å²) in [5, 5.41) is 14.7. The van der Waals surface area contributed by atoms with Gasteiger partial charge in [-0.3, -0.25) is 4.99 Å². The molecule has 0 aliphatic rings. The lowest BCUT2D eigenvalue weighted by molar-refractivity contribution is 0.662. The van der Waals surface area contributed by atoms with Crippen LogP contribution in [-0.2, 0) is 13.0 Å². The molecule has 1 heterocycles. The molecular formula is C17H27IN6S. The number of aromatic nitrogens is 3. The fourth-order valence-corrected chi connectivity index (χ4v) is 3.00. The van der Waals surface area contributed by atoms with Crippen LogP contribution in [0, 0.1) is 0 Å². The zero-order valence-electron chi connectivity index (χ0n) is 14.8. The van der Waals surface area contributed by atoms with Gasteiger partial charge in [-0.1, -0.05) is 25.1 Å². The van der Waals surface area contributed by atoms with Gasteiger partial charge in [0.25, 0.3) is 0 Å². The van der Waals surface area contributed by atoms with Gasteiger partial charge in [-0.2, -0.15) is 0 Å². The number of thioether (sulfide) groups is 1. The van der Waals surface area contributed by atoms with E-state index in [1.54, 1.807) is 6.33 Å². The van der Waals surface area contributed by atoms with Crippen molar-refractivity contribution in [2.75, 3.05) is 25.4 Å². The van der Waals surface area contributed by atoms with E-state index in [0.29, 0.717) is 6.54 Å². The molecule has 0 fully saturated rings. The lowest BCUT2D eigenvalue weighted by Gasteiger charge is -2.11. The Bertz CT molecular complexity index is 617. The van der Waals surface area contributed by atoms with E-state index in [1.807, 2.05) is 17.8 Å². The summed E-state index contributed by atoms with van der Waals surface area (Å²) in [6.45, 7) is 7.38. The quantitative estimate of drug-likeness (QED) is 0.192. The molecule has 0 aliphatic heterocycles. The molecule has 138 valence electrons. The molecule has 0 saturated carbocycles. The summed E-state index contributed by atoms with van der Waals surface area (Å²) in [5.41, 5.74) is 0. The van der Waals surface area contributed by atoms with E-state index in [1.165, 1.54) is 4.90 Å². The second-order valence-corrected chi connectivity index (χ2v) is 6.31. The summed E-state index contributed by atoms with van der Waals surface area (Å²) >= 11 is 1.84. The first kappa shape index (κ1) is 21.8. The predicted molar refractivity (Wildman–Crippen MR) is 116 cm³/mol. The summed E-state index contributed by atoms with van der Waals surface area (Å²) in [6.07, 6.45) is 2.66. The standard InChI is InChI=1S/C17H26N6S.HI/c1-3-16-22-21-14-23(16)12-10-19-17(18-4-2)20-11-13-24-15-8-6-5-7-9-15;/h5-9,14H,3-4,10-13H2,1-2H3,(H2,18,19,20);1H. The number of rotatable bonds is 9. The van der Waals surface area contributed by atoms with Crippen molar-refractivity contribution in [2.45, 2.75) is 31.7 Å². The van der Waals surface area contributed by atoms with Crippen LogP contribution in [0.5, 0.6) is 0 Å². The lowest BCUT2D eigenvalue weighted by Crippen LogP contribution is -2.38. The Balaban J connectivity index is 0.00000312. The zero-order chi connectivity index (χ0) is 17.0. The molecule has 0 aliphatic carbocycles. The SMILES string of the molecule is CCNC(=NCCn1cnnc1CC)NCCSc1ccccc1.I. The first-order valence-corrected chi connectivity index (χ1v) is 9.38. The Labute approximate surface area is 171 Å². The number of benzene rings is 1. The maximum atomic E-state index is 4.62. The van der Waals surface area contributed by atoms with Crippen molar-refractivity contribution >= 4 is 41.7 Å². The largest absolute Gasteiger partial charge is 0.357 e. The molecule has 0 atom stereocenters. The van der Waals surface area contributed by atoms with Crippen molar-refractivity contribution in [3.8, 4) is 0 Å². The van der Waals surface area contributed by atoms with Crippen LogP contribution in [0.25, 0.3) is 0 Å². The van der Waals surface area contributed by atoms with Crippen molar-refractivity contribution in [3.63, 3.8) is 0 Å². The van der Waals surface area contributed by atoms with Gasteiger partial charge in [-0.15, -0.1) is 45.9 Å². The summed E-state index contributed by atoms with van der Waals surface area (Å²) < 4.78 is 2.05. The molecule has 0 amide bonds. The monoisotopic (exact) mass is 474 g/mol. The number of guanidine groups is 1. The number of nitrogens with zero attached hydrogens (tertiary/aromatic N) is 4. The molecule has 0 bridgehead atoms. The van der Waals surface area contributed by atoms with Crippen molar-refractivity contribution in [3.05, 3.63) is 42.5 Å². The van der Waals surface area contributed by atoms with E-state index in [-0.39, 0.29) is 24.0 Å².